The van der Waals surface area contributed by atoms with Crippen LogP contribution in [0.15, 0.2) is 18.2 Å². The zero-order valence-electron chi connectivity index (χ0n) is 9.83. The van der Waals surface area contributed by atoms with Gasteiger partial charge in [-0.3, -0.25) is 9.59 Å². The second-order valence-electron chi connectivity index (χ2n) is 3.47. The molecular formula is C13H12FNO3. The van der Waals surface area contributed by atoms with Crippen molar-refractivity contribution in [3.05, 3.63) is 29.6 Å². The molecule has 0 atom stereocenters. The summed E-state index contributed by atoms with van der Waals surface area (Å²) in [6, 6.07) is 3.53. The first-order valence-electron chi connectivity index (χ1n) is 5.18. The molecule has 4 nitrogen and oxygen atoms in total. The van der Waals surface area contributed by atoms with Gasteiger partial charge >= 0.3 is 0 Å². The topological polar surface area (TPSA) is 55.4 Å². The van der Waals surface area contributed by atoms with Gasteiger partial charge in [-0.2, -0.15) is 0 Å². The van der Waals surface area contributed by atoms with Gasteiger partial charge in [0.2, 0.25) is 0 Å². The van der Waals surface area contributed by atoms with Gasteiger partial charge in [-0.1, -0.05) is 5.92 Å². The smallest absolute Gasteiger partial charge is 0.258 e. The van der Waals surface area contributed by atoms with Gasteiger partial charge < -0.3 is 10.1 Å². The minimum absolute atomic E-state index is 0.0970. The number of rotatable bonds is 5. The van der Waals surface area contributed by atoms with Gasteiger partial charge in [0.1, 0.15) is 11.6 Å². The summed E-state index contributed by atoms with van der Waals surface area (Å²) in [5, 5.41) is 2.40. The maximum absolute atomic E-state index is 13.0. The summed E-state index contributed by atoms with van der Waals surface area (Å²) in [6.45, 7) is 1.11. The molecule has 5 heteroatoms. The molecule has 0 saturated carbocycles. The van der Waals surface area contributed by atoms with Crippen LogP contribution in [0.3, 0.4) is 0 Å². The number of carbonyl (C=O) groups is 2. The van der Waals surface area contributed by atoms with Crippen molar-refractivity contribution in [2.75, 3.05) is 13.2 Å². The minimum Gasteiger partial charge on any atom is -0.483 e. The molecule has 0 aliphatic carbocycles. The van der Waals surface area contributed by atoms with E-state index in [2.05, 4.69) is 11.2 Å². The quantitative estimate of drug-likeness (QED) is 0.629. The molecule has 0 saturated heterocycles. The average Bonchev–Trinajstić information content (AvgIpc) is 2.34. The van der Waals surface area contributed by atoms with Crippen molar-refractivity contribution in [1.82, 2.24) is 5.32 Å². The number of hydrogen-bond acceptors (Lipinski definition) is 3. The molecule has 0 aromatic heterocycles. The summed E-state index contributed by atoms with van der Waals surface area (Å²) in [4.78, 5) is 22.5. The minimum atomic E-state index is -0.538. The van der Waals surface area contributed by atoms with Crippen LogP contribution in [-0.4, -0.2) is 24.8 Å². The number of ether oxygens (including phenoxy) is 1. The standard InChI is InChI=1S/C13H12FNO3/c1-3-6-15-13(17)8-18-12-5-4-10(14)7-11(12)9(2)16/h1,4-5,7H,6,8H2,2H3,(H,15,17). The molecule has 1 N–H and O–H groups in total. The maximum atomic E-state index is 13.0. The Bertz CT molecular complexity index is 505. The third kappa shape index (κ3) is 3.91. The van der Waals surface area contributed by atoms with Crippen LogP contribution in [-0.2, 0) is 4.79 Å². The van der Waals surface area contributed by atoms with Crippen LogP contribution < -0.4 is 10.1 Å². The van der Waals surface area contributed by atoms with E-state index in [0.717, 1.165) is 12.1 Å². The van der Waals surface area contributed by atoms with E-state index in [-0.39, 0.29) is 30.2 Å². The summed E-state index contributed by atoms with van der Waals surface area (Å²) in [6.07, 6.45) is 4.97. The van der Waals surface area contributed by atoms with Crippen LogP contribution in [0.1, 0.15) is 17.3 Å². The van der Waals surface area contributed by atoms with Gasteiger partial charge in [0.05, 0.1) is 12.1 Å². The predicted octanol–water partition coefficient (Wildman–Crippen LogP) is 1.16. The van der Waals surface area contributed by atoms with Crippen molar-refractivity contribution >= 4 is 11.7 Å². The first-order valence-corrected chi connectivity index (χ1v) is 5.18. The number of terminal acetylenes is 1. The molecule has 0 bridgehead atoms. The lowest BCUT2D eigenvalue weighted by molar-refractivity contribution is -0.122. The summed E-state index contributed by atoms with van der Waals surface area (Å²) in [5.74, 6) is 1.12. The lowest BCUT2D eigenvalue weighted by Crippen LogP contribution is -2.29. The van der Waals surface area contributed by atoms with E-state index in [1.807, 2.05) is 0 Å². The van der Waals surface area contributed by atoms with Crippen LogP contribution in [0.5, 0.6) is 5.75 Å². The second kappa shape index (κ2) is 6.40. The number of halogens is 1. The third-order valence-electron chi connectivity index (χ3n) is 2.07. The Hall–Kier alpha value is -2.35. The molecule has 0 spiro atoms. The molecule has 94 valence electrons. The van der Waals surface area contributed by atoms with Crippen molar-refractivity contribution < 1.29 is 18.7 Å². The highest BCUT2D eigenvalue weighted by atomic mass is 19.1. The Balaban J connectivity index is 2.70. The third-order valence-corrected chi connectivity index (χ3v) is 2.07. The van der Waals surface area contributed by atoms with E-state index in [1.54, 1.807) is 0 Å². The van der Waals surface area contributed by atoms with Crippen molar-refractivity contribution in [2.24, 2.45) is 0 Å². The molecule has 1 amide bonds. The van der Waals surface area contributed by atoms with Gasteiger partial charge in [-0.25, -0.2) is 4.39 Å². The summed E-state index contributed by atoms with van der Waals surface area (Å²) in [5.41, 5.74) is 0.0970. The molecule has 1 rings (SSSR count). The van der Waals surface area contributed by atoms with E-state index in [4.69, 9.17) is 11.2 Å². The normalized spacial score (nSPS) is 9.39. The zero-order valence-corrected chi connectivity index (χ0v) is 9.83. The number of carbonyl (C=O) groups excluding carboxylic acids is 2. The Morgan fingerprint density at radius 2 is 2.22 bits per heavy atom. The molecule has 0 fully saturated rings. The lowest BCUT2D eigenvalue weighted by atomic mass is 10.1. The molecule has 0 radical (unpaired) electrons. The Morgan fingerprint density at radius 1 is 1.50 bits per heavy atom. The van der Waals surface area contributed by atoms with Crippen molar-refractivity contribution in [1.29, 1.82) is 0 Å². The van der Waals surface area contributed by atoms with E-state index in [9.17, 15) is 14.0 Å². The van der Waals surface area contributed by atoms with Crippen molar-refractivity contribution in [3.8, 4) is 18.1 Å². The number of Topliss-reactive ketones (excluding diaryl/α,β-unsaturated/α-hetero) is 1. The monoisotopic (exact) mass is 249 g/mol. The number of amides is 1. The van der Waals surface area contributed by atoms with Crippen LogP contribution >= 0.6 is 0 Å². The van der Waals surface area contributed by atoms with Crippen LogP contribution in [0.4, 0.5) is 4.39 Å². The fraction of sp³-hybridized carbons (Fsp3) is 0.231. The van der Waals surface area contributed by atoms with Gasteiger partial charge in [0.15, 0.2) is 12.4 Å². The predicted molar refractivity (Wildman–Crippen MR) is 63.7 cm³/mol. The van der Waals surface area contributed by atoms with Crippen LogP contribution in [0.2, 0.25) is 0 Å². The summed E-state index contributed by atoms with van der Waals surface area (Å²) in [7, 11) is 0. The van der Waals surface area contributed by atoms with E-state index in [1.165, 1.54) is 13.0 Å². The number of ketones is 1. The molecule has 18 heavy (non-hydrogen) atoms. The molecule has 0 unspecified atom stereocenters. The van der Waals surface area contributed by atoms with Gasteiger partial charge in [-0.05, 0) is 25.1 Å². The van der Waals surface area contributed by atoms with E-state index < -0.39 is 11.7 Å². The summed E-state index contributed by atoms with van der Waals surface area (Å²) < 4.78 is 18.1. The average molecular weight is 249 g/mol. The summed E-state index contributed by atoms with van der Waals surface area (Å²) >= 11 is 0. The highest BCUT2D eigenvalue weighted by Gasteiger charge is 2.11. The van der Waals surface area contributed by atoms with Crippen molar-refractivity contribution in [3.63, 3.8) is 0 Å². The molecule has 0 aliphatic rings. The van der Waals surface area contributed by atoms with E-state index in [0.29, 0.717) is 0 Å². The second-order valence-corrected chi connectivity index (χ2v) is 3.47. The van der Waals surface area contributed by atoms with Crippen molar-refractivity contribution in [2.45, 2.75) is 6.92 Å². The lowest BCUT2D eigenvalue weighted by Gasteiger charge is -2.09. The van der Waals surface area contributed by atoms with E-state index >= 15 is 0 Å². The maximum Gasteiger partial charge on any atom is 0.258 e. The Morgan fingerprint density at radius 3 is 2.83 bits per heavy atom. The molecule has 0 heterocycles. The van der Waals surface area contributed by atoms with Gasteiger partial charge in [0, 0.05) is 0 Å². The SMILES string of the molecule is C#CCNC(=O)COc1ccc(F)cc1C(C)=O. The van der Waals surface area contributed by atoms with Gasteiger partial charge in [0.25, 0.3) is 5.91 Å². The highest BCUT2D eigenvalue weighted by Crippen LogP contribution is 2.20. The highest BCUT2D eigenvalue weighted by molar-refractivity contribution is 5.96. The van der Waals surface area contributed by atoms with Gasteiger partial charge in [-0.15, -0.1) is 6.42 Å². The Kier molecular flexibility index (Phi) is 4.88. The first-order chi connectivity index (χ1) is 8.54. The number of nitrogens with one attached hydrogen (secondary N) is 1. The largest absolute Gasteiger partial charge is 0.483 e. The zero-order chi connectivity index (χ0) is 13.5. The number of benzene rings is 1. The molecule has 1 aromatic carbocycles. The van der Waals surface area contributed by atoms with Crippen LogP contribution in [0.25, 0.3) is 0 Å². The molecular weight excluding hydrogens is 237 g/mol. The Labute approximate surface area is 104 Å². The first kappa shape index (κ1) is 13.7. The molecule has 1 aromatic rings. The fourth-order valence-corrected chi connectivity index (χ4v) is 1.25. The molecule has 0 aliphatic heterocycles. The van der Waals surface area contributed by atoms with Crippen LogP contribution in [0, 0.1) is 18.2 Å². The number of hydrogen-bond donors (Lipinski definition) is 1. The fourth-order valence-electron chi connectivity index (χ4n) is 1.25.